The van der Waals surface area contributed by atoms with Crippen molar-refractivity contribution in [3.63, 3.8) is 0 Å². The fraction of sp³-hybridized carbons (Fsp3) is 0.400. The molecule has 3 nitrogen and oxygen atoms in total. The van der Waals surface area contributed by atoms with E-state index in [2.05, 4.69) is 4.90 Å². The lowest BCUT2D eigenvalue weighted by Crippen LogP contribution is -2.27. The van der Waals surface area contributed by atoms with Crippen LogP contribution in [0.3, 0.4) is 0 Å². The number of halogens is 1. The summed E-state index contributed by atoms with van der Waals surface area (Å²) in [7, 11) is 0. The van der Waals surface area contributed by atoms with Crippen LogP contribution in [-0.4, -0.2) is 42.4 Å². The van der Waals surface area contributed by atoms with Gasteiger partial charge in [-0.15, -0.1) is 0 Å². The maximum Gasteiger partial charge on any atom is 0.123 e. The van der Waals surface area contributed by atoms with Crippen LogP contribution >= 0.6 is 0 Å². The Bertz CT molecular complexity index is 712. The normalized spacial score (nSPS) is 24.3. The Labute approximate surface area is 141 Å². The molecule has 3 aliphatic rings. The maximum absolute atomic E-state index is 13.4. The zero-order chi connectivity index (χ0) is 16.5. The summed E-state index contributed by atoms with van der Waals surface area (Å²) < 4.78 is 19.3. The topological polar surface area (TPSA) is 32.7 Å². The Morgan fingerprint density at radius 2 is 1.92 bits per heavy atom. The molecule has 2 aliphatic heterocycles. The van der Waals surface area contributed by atoms with Crippen LogP contribution in [0.4, 0.5) is 4.39 Å². The smallest absolute Gasteiger partial charge is 0.123 e. The summed E-state index contributed by atoms with van der Waals surface area (Å²) >= 11 is 0. The summed E-state index contributed by atoms with van der Waals surface area (Å²) in [5, 5.41) is 10.1. The van der Waals surface area contributed by atoms with Gasteiger partial charge in [-0.1, -0.05) is 12.1 Å². The molecule has 4 rings (SSSR count). The first-order chi connectivity index (χ1) is 11.7. The van der Waals surface area contributed by atoms with E-state index >= 15 is 0 Å². The maximum atomic E-state index is 13.4. The molecule has 4 heteroatoms. The van der Waals surface area contributed by atoms with E-state index in [0.29, 0.717) is 13.0 Å². The van der Waals surface area contributed by atoms with Gasteiger partial charge in [-0.05, 0) is 73.3 Å². The number of ether oxygens (including phenoxy) is 1. The number of hydrogen-bond donors (Lipinski definition) is 1. The number of aliphatic hydroxyl groups excluding tert-OH is 1. The lowest BCUT2D eigenvalue weighted by molar-refractivity contribution is 0.201. The van der Waals surface area contributed by atoms with Crippen molar-refractivity contribution in [2.24, 2.45) is 0 Å². The first-order valence-corrected chi connectivity index (χ1v) is 8.64. The molecule has 1 N–H and O–H groups in total. The molecule has 126 valence electrons. The van der Waals surface area contributed by atoms with Crippen LogP contribution in [0.5, 0.6) is 0 Å². The average Bonchev–Trinajstić information content (AvgIpc) is 3.09. The standard InChI is InChI=1S/C20H22FNO2/c21-16-5-3-14(4-6-16)20-15(12-22-9-1-2-10-22)13-24-19-8-7-17(23)11-18(19)20/h3-6,8,11,17,23H,1-2,7,9-10,12-13H2. The van der Waals surface area contributed by atoms with Gasteiger partial charge in [0, 0.05) is 12.1 Å². The third-order valence-corrected chi connectivity index (χ3v) is 4.94. The molecular weight excluding hydrogens is 305 g/mol. The van der Waals surface area contributed by atoms with Crippen LogP contribution in [0.1, 0.15) is 24.8 Å². The van der Waals surface area contributed by atoms with E-state index in [1.807, 2.05) is 24.3 Å². The second kappa shape index (κ2) is 6.54. The van der Waals surface area contributed by atoms with Gasteiger partial charge in [0.1, 0.15) is 18.2 Å². The Balaban J connectivity index is 1.78. The minimum Gasteiger partial charge on any atom is -0.489 e. The Morgan fingerprint density at radius 3 is 2.67 bits per heavy atom. The molecule has 1 fully saturated rings. The van der Waals surface area contributed by atoms with Crippen LogP contribution in [-0.2, 0) is 4.74 Å². The highest BCUT2D eigenvalue weighted by Gasteiger charge is 2.28. The molecule has 1 aromatic rings. The fourth-order valence-electron chi connectivity index (χ4n) is 3.76. The van der Waals surface area contributed by atoms with Gasteiger partial charge in [0.15, 0.2) is 0 Å². The van der Waals surface area contributed by atoms with Gasteiger partial charge in [-0.25, -0.2) is 4.39 Å². The Morgan fingerprint density at radius 1 is 1.17 bits per heavy atom. The molecule has 1 atom stereocenters. The van der Waals surface area contributed by atoms with E-state index in [-0.39, 0.29) is 5.82 Å². The number of aliphatic hydroxyl groups is 1. The van der Waals surface area contributed by atoms with Crippen molar-refractivity contribution in [1.82, 2.24) is 4.90 Å². The predicted molar refractivity (Wildman–Crippen MR) is 91.7 cm³/mol. The Hall–Kier alpha value is -1.91. The minimum atomic E-state index is -0.492. The first-order valence-electron chi connectivity index (χ1n) is 8.64. The summed E-state index contributed by atoms with van der Waals surface area (Å²) in [5.41, 5.74) is 4.24. The molecule has 24 heavy (non-hydrogen) atoms. The minimum absolute atomic E-state index is 0.235. The van der Waals surface area contributed by atoms with Crippen molar-refractivity contribution >= 4 is 5.57 Å². The van der Waals surface area contributed by atoms with Gasteiger partial charge < -0.3 is 9.84 Å². The zero-order valence-corrected chi connectivity index (χ0v) is 13.7. The van der Waals surface area contributed by atoms with Crippen LogP contribution in [0, 0.1) is 5.82 Å². The molecule has 0 radical (unpaired) electrons. The number of likely N-dealkylation sites (tertiary alicyclic amines) is 1. The van der Waals surface area contributed by atoms with Crippen molar-refractivity contribution < 1.29 is 14.2 Å². The van der Waals surface area contributed by atoms with Crippen LogP contribution < -0.4 is 0 Å². The van der Waals surface area contributed by atoms with E-state index in [0.717, 1.165) is 42.1 Å². The number of rotatable bonds is 3. The number of allylic oxidation sites excluding steroid dienone is 1. The SMILES string of the molecule is OC1C=C2C(=CC1)OCC(CN1CCCC1)=C2c1ccc(F)cc1. The van der Waals surface area contributed by atoms with Gasteiger partial charge in [0.25, 0.3) is 0 Å². The van der Waals surface area contributed by atoms with Gasteiger partial charge >= 0.3 is 0 Å². The highest BCUT2D eigenvalue weighted by Crippen LogP contribution is 2.39. The van der Waals surface area contributed by atoms with Crippen molar-refractivity contribution in [3.05, 3.63) is 64.7 Å². The summed E-state index contributed by atoms with van der Waals surface area (Å²) in [4.78, 5) is 2.44. The van der Waals surface area contributed by atoms with Crippen molar-refractivity contribution in [1.29, 1.82) is 0 Å². The summed E-state index contributed by atoms with van der Waals surface area (Å²) in [5.74, 6) is 0.603. The molecular formula is C20H22FNO2. The lowest BCUT2D eigenvalue weighted by Gasteiger charge is -2.31. The van der Waals surface area contributed by atoms with Gasteiger partial charge in [-0.3, -0.25) is 4.90 Å². The molecule has 2 heterocycles. The molecule has 0 saturated carbocycles. The fourth-order valence-corrected chi connectivity index (χ4v) is 3.76. The quantitative estimate of drug-likeness (QED) is 0.925. The molecule has 1 saturated heterocycles. The van der Waals surface area contributed by atoms with E-state index in [4.69, 9.17) is 4.74 Å². The van der Waals surface area contributed by atoms with Crippen LogP contribution in [0.25, 0.3) is 5.57 Å². The van der Waals surface area contributed by atoms with Crippen molar-refractivity contribution in [2.75, 3.05) is 26.2 Å². The predicted octanol–water partition coefficient (Wildman–Crippen LogP) is 3.28. The number of hydrogen-bond acceptors (Lipinski definition) is 3. The van der Waals surface area contributed by atoms with Crippen molar-refractivity contribution in [2.45, 2.75) is 25.4 Å². The molecule has 0 amide bonds. The van der Waals surface area contributed by atoms with Crippen LogP contribution in [0.2, 0.25) is 0 Å². The Kier molecular flexibility index (Phi) is 4.25. The molecule has 0 aromatic heterocycles. The zero-order valence-electron chi connectivity index (χ0n) is 13.7. The molecule has 0 bridgehead atoms. The molecule has 1 unspecified atom stereocenters. The van der Waals surface area contributed by atoms with Crippen molar-refractivity contribution in [3.8, 4) is 0 Å². The molecule has 1 aliphatic carbocycles. The number of fused-ring (bicyclic) bond motifs is 1. The number of nitrogens with zero attached hydrogens (tertiary/aromatic N) is 1. The third-order valence-electron chi connectivity index (χ3n) is 4.94. The summed E-state index contributed by atoms with van der Waals surface area (Å²) in [6, 6.07) is 6.63. The van der Waals surface area contributed by atoms with Gasteiger partial charge in [0.05, 0.1) is 6.10 Å². The highest BCUT2D eigenvalue weighted by atomic mass is 19.1. The average molecular weight is 327 g/mol. The molecule has 0 spiro atoms. The largest absolute Gasteiger partial charge is 0.489 e. The summed E-state index contributed by atoms with van der Waals surface area (Å²) in [6.07, 6.45) is 6.40. The molecule has 1 aromatic carbocycles. The monoisotopic (exact) mass is 327 g/mol. The number of benzene rings is 1. The van der Waals surface area contributed by atoms with E-state index in [1.165, 1.54) is 30.5 Å². The van der Waals surface area contributed by atoms with E-state index in [9.17, 15) is 9.50 Å². The highest BCUT2D eigenvalue weighted by molar-refractivity contribution is 5.87. The van der Waals surface area contributed by atoms with E-state index < -0.39 is 6.10 Å². The summed E-state index contributed by atoms with van der Waals surface area (Å²) in [6.45, 7) is 3.66. The second-order valence-corrected chi connectivity index (χ2v) is 6.71. The van der Waals surface area contributed by atoms with Gasteiger partial charge in [-0.2, -0.15) is 0 Å². The first kappa shape index (κ1) is 15.6. The second-order valence-electron chi connectivity index (χ2n) is 6.71. The van der Waals surface area contributed by atoms with E-state index in [1.54, 1.807) is 0 Å². The lowest BCUT2D eigenvalue weighted by atomic mass is 9.86. The third kappa shape index (κ3) is 3.04. The van der Waals surface area contributed by atoms with Gasteiger partial charge in [0.2, 0.25) is 0 Å². The van der Waals surface area contributed by atoms with Crippen LogP contribution in [0.15, 0.2) is 53.3 Å².